The average Bonchev–Trinajstić information content (AvgIpc) is 2.75. The van der Waals surface area contributed by atoms with Crippen LogP contribution in [0.25, 0.3) is 10.9 Å². The van der Waals surface area contributed by atoms with Gasteiger partial charge in [0.1, 0.15) is 0 Å². The molecule has 0 aliphatic heterocycles. The standard InChI is InChI=1S/C15H12ClNO2S/c1-11-9-12-10-13(16)7-8-15(12)17(11)20(18,19)14-5-3-2-4-6-14/h2-10H,1H3. The van der Waals surface area contributed by atoms with Gasteiger partial charge in [0, 0.05) is 16.1 Å². The van der Waals surface area contributed by atoms with E-state index in [-0.39, 0.29) is 4.90 Å². The number of benzene rings is 2. The molecule has 0 fully saturated rings. The molecule has 1 heterocycles. The van der Waals surface area contributed by atoms with Crippen LogP contribution in [0.2, 0.25) is 5.02 Å². The molecule has 0 radical (unpaired) electrons. The first-order chi connectivity index (χ1) is 9.50. The topological polar surface area (TPSA) is 39.1 Å². The van der Waals surface area contributed by atoms with Crippen LogP contribution in [0.15, 0.2) is 59.5 Å². The first-order valence-corrected chi connectivity index (χ1v) is 7.90. The van der Waals surface area contributed by atoms with Crippen molar-refractivity contribution in [3.05, 3.63) is 65.3 Å². The summed E-state index contributed by atoms with van der Waals surface area (Å²) in [7, 11) is -3.59. The molecule has 2 aromatic carbocycles. The van der Waals surface area contributed by atoms with Crippen LogP contribution >= 0.6 is 11.6 Å². The Morgan fingerprint density at radius 2 is 1.70 bits per heavy atom. The van der Waals surface area contributed by atoms with Crippen molar-refractivity contribution in [1.82, 2.24) is 3.97 Å². The molecule has 0 amide bonds. The maximum atomic E-state index is 12.7. The summed E-state index contributed by atoms with van der Waals surface area (Å²) in [6, 6.07) is 15.4. The van der Waals surface area contributed by atoms with Crippen LogP contribution in [0, 0.1) is 6.92 Å². The molecule has 0 N–H and O–H groups in total. The zero-order valence-corrected chi connectivity index (χ0v) is 12.3. The van der Waals surface area contributed by atoms with Crippen molar-refractivity contribution in [2.75, 3.05) is 0 Å². The molecule has 102 valence electrons. The first-order valence-electron chi connectivity index (χ1n) is 6.08. The number of hydrogen-bond donors (Lipinski definition) is 0. The Kier molecular flexibility index (Phi) is 3.07. The van der Waals surface area contributed by atoms with Gasteiger partial charge in [-0.05, 0) is 43.3 Å². The van der Waals surface area contributed by atoms with Crippen molar-refractivity contribution in [2.45, 2.75) is 11.8 Å². The predicted octanol–water partition coefficient (Wildman–Crippen LogP) is 3.84. The fourth-order valence-electron chi connectivity index (χ4n) is 2.32. The molecule has 20 heavy (non-hydrogen) atoms. The van der Waals surface area contributed by atoms with Crippen molar-refractivity contribution in [3.8, 4) is 0 Å². The highest BCUT2D eigenvalue weighted by atomic mass is 35.5. The molecule has 0 spiro atoms. The molecule has 1 aromatic heterocycles. The van der Waals surface area contributed by atoms with Gasteiger partial charge in [-0.15, -0.1) is 0 Å². The number of aromatic nitrogens is 1. The SMILES string of the molecule is Cc1cc2cc(Cl)ccc2n1S(=O)(=O)c1ccccc1. The molecule has 5 heteroatoms. The van der Waals surface area contributed by atoms with Crippen molar-refractivity contribution in [1.29, 1.82) is 0 Å². The highest BCUT2D eigenvalue weighted by molar-refractivity contribution is 7.90. The van der Waals surface area contributed by atoms with E-state index in [1.165, 1.54) is 3.97 Å². The summed E-state index contributed by atoms with van der Waals surface area (Å²) in [6.07, 6.45) is 0. The van der Waals surface area contributed by atoms with Gasteiger partial charge < -0.3 is 0 Å². The van der Waals surface area contributed by atoms with Crippen LogP contribution in [0.1, 0.15) is 5.69 Å². The smallest absolute Gasteiger partial charge is 0.238 e. The van der Waals surface area contributed by atoms with Gasteiger partial charge in [-0.3, -0.25) is 0 Å². The van der Waals surface area contributed by atoms with Crippen LogP contribution in [0.3, 0.4) is 0 Å². The van der Waals surface area contributed by atoms with E-state index < -0.39 is 10.0 Å². The van der Waals surface area contributed by atoms with Crippen LogP contribution in [0.4, 0.5) is 0 Å². The van der Waals surface area contributed by atoms with Crippen LogP contribution < -0.4 is 0 Å². The summed E-state index contributed by atoms with van der Waals surface area (Å²) < 4.78 is 26.8. The molecule has 0 atom stereocenters. The third-order valence-corrected chi connectivity index (χ3v) is 5.24. The van der Waals surface area contributed by atoms with E-state index in [4.69, 9.17) is 11.6 Å². The van der Waals surface area contributed by atoms with E-state index in [2.05, 4.69) is 0 Å². The van der Waals surface area contributed by atoms with E-state index in [0.717, 1.165) is 5.39 Å². The number of halogens is 1. The third kappa shape index (κ3) is 2.01. The Balaban J connectivity index is 2.32. The first kappa shape index (κ1) is 13.2. The second-order valence-corrected chi connectivity index (χ2v) is 6.79. The normalized spacial score (nSPS) is 11.9. The molecule has 3 rings (SSSR count). The monoisotopic (exact) mass is 305 g/mol. The highest BCUT2D eigenvalue weighted by Gasteiger charge is 2.20. The lowest BCUT2D eigenvalue weighted by atomic mass is 10.2. The van der Waals surface area contributed by atoms with Gasteiger partial charge >= 0.3 is 0 Å². The Labute approximate surface area is 122 Å². The fourth-order valence-corrected chi connectivity index (χ4v) is 4.07. The van der Waals surface area contributed by atoms with Crippen molar-refractivity contribution in [3.63, 3.8) is 0 Å². The van der Waals surface area contributed by atoms with Crippen molar-refractivity contribution in [2.24, 2.45) is 0 Å². The summed E-state index contributed by atoms with van der Waals surface area (Å²) in [5, 5.41) is 1.40. The zero-order chi connectivity index (χ0) is 14.3. The Morgan fingerprint density at radius 3 is 2.40 bits per heavy atom. The minimum atomic E-state index is -3.59. The second-order valence-electron chi connectivity index (χ2n) is 4.57. The van der Waals surface area contributed by atoms with E-state index in [0.29, 0.717) is 16.2 Å². The second kappa shape index (κ2) is 4.65. The average molecular weight is 306 g/mol. The minimum absolute atomic E-state index is 0.274. The summed E-state index contributed by atoms with van der Waals surface area (Å²) in [5.74, 6) is 0. The number of hydrogen-bond acceptors (Lipinski definition) is 2. The van der Waals surface area contributed by atoms with Gasteiger partial charge in [-0.1, -0.05) is 29.8 Å². The quantitative estimate of drug-likeness (QED) is 0.721. The molecular formula is C15H12ClNO2S. The lowest BCUT2D eigenvalue weighted by Gasteiger charge is -2.09. The summed E-state index contributed by atoms with van der Waals surface area (Å²) in [6.45, 7) is 1.77. The van der Waals surface area contributed by atoms with E-state index in [9.17, 15) is 8.42 Å². The predicted molar refractivity (Wildman–Crippen MR) is 80.7 cm³/mol. The van der Waals surface area contributed by atoms with E-state index in [1.54, 1.807) is 55.5 Å². The molecule has 0 bridgehead atoms. The molecule has 0 aliphatic rings. The molecule has 0 unspecified atom stereocenters. The van der Waals surface area contributed by atoms with Gasteiger partial charge in [0.15, 0.2) is 0 Å². The van der Waals surface area contributed by atoms with Gasteiger partial charge in [-0.25, -0.2) is 12.4 Å². The minimum Gasteiger partial charge on any atom is -0.238 e. The van der Waals surface area contributed by atoms with E-state index >= 15 is 0 Å². The van der Waals surface area contributed by atoms with Crippen LogP contribution in [-0.4, -0.2) is 12.4 Å². The van der Waals surface area contributed by atoms with E-state index in [1.807, 2.05) is 6.07 Å². The van der Waals surface area contributed by atoms with Crippen LogP contribution in [-0.2, 0) is 10.0 Å². The fraction of sp³-hybridized carbons (Fsp3) is 0.0667. The Bertz CT molecular complexity index is 883. The summed E-state index contributed by atoms with van der Waals surface area (Å²) >= 11 is 5.95. The van der Waals surface area contributed by atoms with Crippen molar-refractivity contribution >= 4 is 32.5 Å². The molecule has 3 aromatic rings. The Hall–Kier alpha value is -1.78. The van der Waals surface area contributed by atoms with Gasteiger partial charge in [0.2, 0.25) is 0 Å². The number of aryl methyl sites for hydroxylation is 1. The van der Waals surface area contributed by atoms with Crippen molar-refractivity contribution < 1.29 is 8.42 Å². The molecule has 0 aliphatic carbocycles. The van der Waals surface area contributed by atoms with Gasteiger partial charge in [0.05, 0.1) is 10.4 Å². The maximum Gasteiger partial charge on any atom is 0.268 e. The Morgan fingerprint density at radius 1 is 1.00 bits per heavy atom. The molecule has 3 nitrogen and oxygen atoms in total. The molecule has 0 saturated heterocycles. The van der Waals surface area contributed by atoms with Crippen LogP contribution in [0.5, 0.6) is 0 Å². The number of fused-ring (bicyclic) bond motifs is 1. The maximum absolute atomic E-state index is 12.7. The summed E-state index contributed by atoms with van der Waals surface area (Å²) in [4.78, 5) is 0.274. The zero-order valence-electron chi connectivity index (χ0n) is 10.7. The number of rotatable bonds is 2. The largest absolute Gasteiger partial charge is 0.268 e. The molecular weight excluding hydrogens is 294 g/mol. The van der Waals surface area contributed by atoms with Gasteiger partial charge in [-0.2, -0.15) is 0 Å². The van der Waals surface area contributed by atoms with Gasteiger partial charge in [0.25, 0.3) is 10.0 Å². The lowest BCUT2D eigenvalue weighted by molar-refractivity contribution is 0.588. The summed E-state index contributed by atoms with van der Waals surface area (Å²) in [5.41, 5.74) is 1.29. The number of nitrogens with zero attached hydrogens (tertiary/aromatic N) is 1. The molecule has 0 saturated carbocycles. The lowest BCUT2D eigenvalue weighted by Crippen LogP contribution is -2.14. The third-order valence-electron chi connectivity index (χ3n) is 3.17. The highest BCUT2D eigenvalue weighted by Crippen LogP contribution is 2.27.